The minimum absolute atomic E-state index is 1.000. The van der Waals surface area contributed by atoms with Gasteiger partial charge in [-0.05, 0) is 19.4 Å². The van der Waals surface area contributed by atoms with Gasteiger partial charge in [0.2, 0.25) is 0 Å². The summed E-state index contributed by atoms with van der Waals surface area (Å²) in [6, 6.07) is 1.97. The van der Waals surface area contributed by atoms with Crippen LogP contribution in [0.2, 0.25) is 0 Å². The first-order valence-corrected chi connectivity index (χ1v) is 5.09. The van der Waals surface area contributed by atoms with Crippen LogP contribution < -0.4 is 0 Å². The van der Waals surface area contributed by atoms with Crippen molar-refractivity contribution >= 4 is 11.3 Å². The normalized spacial score (nSPS) is 10.6. The number of thiazole rings is 1. The van der Waals surface area contributed by atoms with Gasteiger partial charge in [0.1, 0.15) is 0 Å². The fourth-order valence-corrected chi connectivity index (χ4v) is 2.22. The molecule has 0 aliphatic carbocycles. The number of aromatic nitrogens is 3. The molecule has 0 saturated carbocycles. The van der Waals surface area contributed by atoms with Crippen molar-refractivity contribution in [3.05, 3.63) is 23.0 Å². The van der Waals surface area contributed by atoms with Gasteiger partial charge in [-0.15, -0.1) is 11.3 Å². The molecule has 0 unspecified atom stereocenters. The summed E-state index contributed by atoms with van der Waals surface area (Å²) < 4.78 is 0. The van der Waals surface area contributed by atoms with Crippen LogP contribution in [0.4, 0.5) is 0 Å². The summed E-state index contributed by atoms with van der Waals surface area (Å²) in [5.74, 6) is 0. The highest BCUT2D eigenvalue weighted by Crippen LogP contribution is 2.28. The van der Waals surface area contributed by atoms with Crippen LogP contribution >= 0.6 is 11.3 Å². The number of aryl methyl sites for hydroxylation is 2. The zero-order valence-corrected chi connectivity index (χ0v) is 8.48. The van der Waals surface area contributed by atoms with E-state index in [1.165, 1.54) is 9.88 Å². The van der Waals surface area contributed by atoms with Crippen LogP contribution in [-0.2, 0) is 6.42 Å². The Balaban J connectivity index is 2.46. The summed E-state index contributed by atoms with van der Waals surface area (Å²) in [5, 5.41) is 8.06. The second kappa shape index (κ2) is 3.30. The van der Waals surface area contributed by atoms with Crippen LogP contribution in [0.25, 0.3) is 10.6 Å². The standard InChI is InChI=1S/C9H11N3S/c1-3-8-11-6(2)9(13-8)7-4-5-10-12-7/h4-5H,3H2,1-2H3,(H,10,12). The third kappa shape index (κ3) is 1.49. The van der Waals surface area contributed by atoms with Gasteiger partial charge in [-0.25, -0.2) is 4.98 Å². The van der Waals surface area contributed by atoms with E-state index in [9.17, 15) is 0 Å². The first-order chi connectivity index (χ1) is 6.31. The molecule has 13 heavy (non-hydrogen) atoms. The number of H-pyrrole nitrogens is 1. The molecule has 2 rings (SSSR count). The maximum absolute atomic E-state index is 4.46. The van der Waals surface area contributed by atoms with Crippen LogP contribution in [0.15, 0.2) is 12.3 Å². The van der Waals surface area contributed by atoms with Crippen molar-refractivity contribution in [3.8, 4) is 10.6 Å². The lowest BCUT2D eigenvalue weighted by Gasteiger charge is -1.90. The highest BCUT2D eigenvalue weighted by Gasteiger charge is 2.08. The van der Waals surface area contributed by atoms with Crippen molar-refractivity contribution in [2.75, 3.05) is 0 Å². The minimum atomic E-state index is 1.000. The number of aromatic amines is 1. The van der Waals surface area contributed by atoms with E-state index in [1.807, 2.05) is 13.0 Å². The maximum atomic E-state index is 4.46. The number of hydrogen-bond acceptors (Lipinski definition) is 3. The minimum Gasteiger partial charge on any atom is -0.277 e. The van der Waals surface area contributed by atoms with E-state index in [2.05, 4.69) is 22.1 Å². The van der Waals surface area contributed by atoms with Crippen LogP contribution in [0.3, 0.4) is 0 Å². The Morgan fingerprint density at radius 3 is 2.92 bits per heavy atom. The average Bonchev–Trinajstić information content (AvgIpc) is 2.72. The number of nitrogens with zero attached hydrogens (tertiary/aromatic N) is 2. The monoisotopic (exact) mass is 193 g/mol. The van der Waals surface area contributed by atoms with E-state index in [4.69, 9.17) is 0 Å². The topological polar surface area (TPSA) is 41.6 Å². The molecule has 1 N–H and O–H groups in total. The molecule has 2 heterocycles. The summed E-state index contributed by atoms with van der Waals surface area (Å²) >= 11 is 1.73. The molecule has 2 aromatic rings. The summed E-state index contributed by atoms with van der Waals surface area (Å²) in [5.41, 5.74) is 2.15. The molecular weight excluding hydrogens is 182 g/mol. The van der Waals surface area contributed by atoms with Crippen molar-refractivity contribution < 1.29 is 0 Å². The second-order valence-electron chi connectivity index (χ2n) is 2.85. The molecule has 0 atom stereocenters. The second-order valence-corrected chi connectivity index (χ2v) is 3.93. The largest absolute Gasteiger partial charge is 0.277 e. The molecular formula is C9H11N3S. The molecule has 0 bridgehead atoms. The van der Waals surface area contributed by atoms with Gasteiger partial charge >= 0.3 is 0 Å². The molecule has 0 aliphatic heterocycles. The van der Waals surface area contributed by atoms with Crippen molar-refractivity contribution in [1.82, 2.24) is 15.2 Å². The quantitative estimate of drug-likeness (QED) is 0.795. The average molecular weight is 193 g/mol. The Kier molecular flexibility index (Phi) is 2.14. The predicted molar refractivity (Wildman–Crippen MR) is 53.8 cm³/mol. The molecule has 4 heteroatoms. The molecule has 0 amide bonds. The van der Waals surface area contributed by atoms with Gasteiger partial charge in [0.25, 0.3) is 0 Å². The maximum Gasteiger partial charge on any atom is 0.0932 e. The Labute approximate surface area is 80.8 Å². The molecule has 0 saturated heterocycles. The Morgan fingerprint density at radius 2 is 2.38 bits per heavy atom. The van der Waals surface area contributed by atoms with E-state index in [0.717, 1.165) is 17.8 Å². The van der Waals surface area contributed by atoms with E-state index in [0.29, 0.717) is 0 Å². The molecule has 68 valence electrons. The van der Waals surface area contributed by atoms with Gasteiger partial charge in [0, 0.05) is 6.20 Å². The summed E-state index contributed by atoms with van der Waals surface area (Å²) in [7, 11) is 0. The Hall–Kier alpha value is -1.16. The zero-order valence-electron chi connectivity index (χ0n) is 7.66. The van der Waals surface area contributed by atoms with E-state index < -0.39 is 0 Å². The first-order valence-electron chi connectivity index (χ1n) is 4.27. The summed E-state index contributed by atoms with van der Waals surface area (Å²) in [6.45, 7) is 4.15. The number of rotatable bonds is 2. The third-order valence-electron chi connectivity index (χ3n) is 1.89. The van der Waals surface area contributed by atoms with Gasteiger partial charge in [-0.3, -0.25) is 5.10 Å². The molecule has 0 aromatic carbocycles. The number of nitrogens with one attached hydrogen (secondary N) is 1. The Bertz CT molecular complexity index is 389. The third-order valence-corrected chi connectivity index (χ3v) is 3.22. The fraction of sp³-hybridized carbons (Fsp3) is 0.333. The van der Waals surface area contributed by atoms with Crippen molar-refractivity contribution in [2.24, 2.45) is 0 Å². The molecule has 0 radical (unpaired) electrons. The van der Waals surface area contributed by atoms with E-state index >= 15 is 0 Å². The summed E-state index contributed by atoms with van der Waals surface area (Å²) in [4.78, 5) is 5.66. The molecule has 0 spiro atoms. The zero-order chi connectivity index (χ0) is 9.26. The molecule has 0 fully saturated rings. The SMILES string of the molecule is CCc1nc(C)c(-c2ccn[nH]2)s1. The van der Waals surface area contributed by atoms with E-state index in [-0.39, 0.29) is 0 Å². The molecule has 2 aromatic heterocycles. The fourth-order valence-electron chi connectivity index (χ4n) is 1.24. The van der Waals surface area contributed by atoms with E-state index in [1.54, 1.807) is 17.5 Å². The highest BCUT2D eigenvalue weighted by molar-refractivity contribution is 7.15. The van der Waals surface area contributed by atoms with Gasteiger partial charge in [-0.2, -0.15) is 5.10 Å². The van der Waals surface area contributed by atoms with Gasteiger partial charge in [-0.1, -0.05) is 6.92 Å². The van der Waals surface area contributed by atoms with Gasteiger partial charge < -0.3 is 0 Å². The van der Waals surface area contributed by atoms with Gasteiger partial charge in [0.15, 0.2) is 0 Å². The van der Waals surface area contributed by atoms with Gasteiger partial charge in [0.05, 0.1) is 21.3 Å². The van der Waals surface area contributed by atoms with Crippen LogP contribution in [-0.4, -0.2) is 15.2 Å². The summed E-state index contributed by atoms with van der Waals surface area (Å²) in [6.07, 6.45) is 2.76. The number of hydrogen-bond donors (Lipinski definition) is 1. The van der Waals surface area contributed by atoms with Crippen LogP contribution in [0.1, 0.15) is 17.6 Å². The van der Waals surface area contributed by atoms with Crippen molar-refractivity contribution in [1.29, 1.82) is 0 Å². The lowest BCUT2D eigenvalue weighted by Crippen LogP contribution is -1.78. The first kappa shape index (κ1) is 8.44. The lowest BCUT2D eigenvalue weighted by atomic mass is 10.3. The predicted octanol–water partition coefficient (Wildman–Crippen LogP) is 2.40. The highest BCUT2D eigenvalue weighted by atomic mass is 32.1. The van der Waals surface area contributed by atoms with Crippen LogP contribution in [0, 0.1) is 6.92 Å². The molecule has 0 aliphatic rings. The van der Waals surface area contributed by atoms with Crippen LogP contribution in [0.5, 0.6) is 0 Å². The molecule has 3 nitrogen and oxygen atoms in total. The lowest BCUT2D eigenvalue weighted by molar-refractivity contribution is 1.06. The smallest absolute Gasteiger partial charge is 0.0932 e. The van der Waals surface area contributed by atoms with Crippen molar-refractivity contribution in [2.45, 2.75) is 20.3 Å². The Morgan fingerprint density at radius 1 is 1.54 bits per heavy atom. The van der Waals surface area contributed by atoms with Crippen molar-refractivity contribution in [3.63, 3.8) is 0 Å².